The molecular formula is C10H13NO4S. The fourth-order valence-corrected chi connectivity index (χ4v) is 4.14. The van der Waals surface area contributed by atoms with Gasteiger partial charge in [-0.05, 0) is 20.8 Å². The van der Waals surface area contributed by atoms with Crippen LogP contribution in [0.15, 0.2) is 0 Å². The van der Waals surface area contributed by atoms with Gasteiger partial charge in [0.2, 0.25) is 5.91 Å². The molecule has 2 fully saturated rings. The molecular weight excluding hydrogens is 230 g/mol. The lowest BCUT2D eigenvalue weighted by molar-refractivity contribution is -0.165. The average Bonchev–Trinajstić information content (AvgIpc) is 2.33. The Morgan fingerprint density at radius 3 is 2.44 bits per heavy atom. The average molecular weight is 243 g/mol. The van der Waals surface area contributed by atoms with Gasteiger partial charge in [0, 0.05) is 4.75 Å². The van der Waals surface area contributed by atoms with E-state index in [2.05, 4.69) is 0 Å². The maximum absolute atomic E-state index is 11.7. The first-order valence-electron chi connectivity index (χ1n) is 5.00. The molecule has 2 rings (SSSR count). The molecule has 0 saturated carbocycles. The van der Waals surface area contributed by atoms with E-state index in [0.717, 1.165) is 0 Å². The molecule has 1 amide bonds. The van der Waals surface area contributed by atoms with E-state index in [1.807, 2.05) is 0 Å². The fraction of sp³-hybridized carbons (Fsp3) is 0.700. The number of thioether (sulfide) groups is 1. The van der Waals surface area contributed by atoms with Gasteiger partial charge in [-0.1, -0.05) is 0 Å². The number of rotatable bonds is 2. The second kappa shape index (κ2) is 3.23. The molecule has 88 valence electrons. The van der Waals surface area contributed by atoms with Crippen molar-refractivity contribution < 1.29 is 19.5 Å². The minimum Gasteiger partial charge on any atom is -0.480 e. The second-order valence-corrected chi connectivity index (χ2v) is 6.46. The van der Waals surface area contributed by atoms with Crippen molar-refractivity contribution >= 4 is 29.4 Å². The van der Waals surface area contributed by atoms with Crippen LogP contribution in [0.25, 0.3) is 0 Å². The third-order valence-corrected chi connectivity index (χ3v) is 4.68. The third kappa shape index (κ3) is 1.29. The number of carbonyl (C=O) groups excluding carboxylic acids is 2. The number of aliphatic carboxylic acids is 1. The van der Waals surface area contributed by atoms with Crippen molar-refractivity contribution in [1.82, 2.24) is 4.90 Å². The number of nitrogens with zero attached hydrogens (tertiary/aromatic N) is 1. The van der Waals surface area contributed by atoms with Crippen molar-refractivity contribution in [1.29, 1.82) is 0 Å². The zero-order chi connectivity index (χ0) is 12.2. The molecule has 16 heavy (non-hydrogen) atoms. The summed E-state index contributed by atoms with van der Waals surface area (Å²) < 4.78 is -0.545. The van der Waals surface area contributed by atoms with Gasteiger partial charge in [0.1, 0.15) is 17.7 Å². The zero-order valence-electron chi connectivity index (χ0n) is 9.26. The van der Waals surface area contributed by atoms with Crippen LogP contribution in [0.5, 0.6) is 0 Å². The first kappa shape index (κ1) is 11.4. The van der Waals surface area contributed by atoms with Crippen LogP contribution in [0.1, 0.15) is 20.8 Å². The molecule has 0 aliphatic carbocycles. The van der Waals surface area contributed by atoms with E-state index in [9.17, 15) is 14.4 Å². The quantitative estimate of drug-likeness (QED) is 0.559. The topological polar surface area (TPSA) is 74.7 Å². The summed E-state index contributed by atoms with van der Waals surface area (Å²) >= 11 is 1.40. The normalized spacial score (nSPS) is 35.6. The predicted molar refractivity (Wildman–Crippen MR) is 57.9 cm³/mol. The second-order valence-electron chi connectivity index (χ2n) is 4.69. The SMILES string of the molecule is CC(=O)[C@@H]1C(=O)N2[C@@H]1SC(C)(C)[C@@H]2C(=O)O. The molecule has 0 unspecified atom stereocenters. The molecule has 0 spiro atoms. The van der Waals surface area contributed by atoms with E-state index >= 15 is 0 Å². The molecule has 0 aromatic carbocycles. The van der Waals surface area contributed by atoms with Crippen molar-refractivity contribution in [2.45, 2.75) is 36.9 Å². The van der Waals surface area contributed by atoms with Crippen molar-refractivity contribution in [3.63, 3.8) is 0 Å². The minimum absolute atomic E-state index is 0.180. The number of fused-ring (bicyclic) bond motifs is 1. The van der Waals surface area contributed by atoms with E-state index in [1.165, 1.54) is 23.6 Å². The molecule has 6 heteroatoms. The number of ketones is 1. The Balaban J connectivity index is 2.32. The largest absolute Gasteiger partial charge is 0.480 e. The molecule has 1 N–H and O–H groups in total. The summed E-state index contributed by atoms with van der Waals surface area (Å²) in [4.78, 5) is 35.4. The summed E-state index contributed by atoms with van der Waals surface area (Å²) in [6, 6.07) is -0.828. The predicted octanol–water partition coefficient (Wildman–Crippen LogP) is 0.338. The van der Waals surface area contributed by atoms with Gasteiger partial charge in [0.05, 0.1) is 5.37 Å². The zero-order valence-corrected chi connectivity index (χ0v) is 10.1. The number of β-lactam (4-membered cyclic amide) rings is 1. The summed E-state index contributed by atoms with van der Waals surface area (Å²) in [5.74, 6) is -2.17. The van der Waals surface area contributed by atoms with Crippen LogP contribution in [-0.2, 0) is 14.4 Å². The van der Waals surface area contributed by atoms with Gasteiger partial charge in [-0.2, -0.15) is 0 Å². The lowest BCUT2D eigenvalue weighted by Crippen LogP contribution is -2.64. The summed E-state index contributed by atoms with van der Waals surface area (Å²) in [7, 11) is 0. The van der Waals surface area contributed by atoms with Crippen LogP contribution < -0.4 is 0 Å². The van der Waals surface area contributed by atoms with Gasteiger partial charge in [0.15, 0.2) is 0 Å². The van der Waals surface area contributed by atoms with Gasteiger partial charge >= 0.3 is 5.97 Å². The number of amides is 1. The Morgan fingerprint density at radius 2 is 2.00 bits per heavy atom. The molecule has 3 atom stereocenters. The van der Waals surface area contributed by atoms with Crippen molar-refractivity contribution in [2.24, 2.45) is 5.92 Å². The summed E-state index contributed by atoms with van der Waals surface area (Å²) in [6.45, 7) is 4.96. The van der Waals surface area contributed by atoms with Gasteiger partial charge in [-0.25, -0.2) is 4.79 Å². The molecule has 2 aliphatic heterocycles. The van der Waals surface area contributed by atoms with Crippen LogP contribution in [0.2, 0.25) is 0 Å². The highest BCUT2D eigenvalue weighted by Gasteiger charge is 2.64. The van der Waals surface area contributed by atoms with E-state index in [4.69, 9.17) is 5.11 Å². The number of carbonyl (C=O) groups is 3. The Labute approximate surface area is 97.2 Å². The van der Waals surface area contributed by atoms with Crippen molar-refractivity contribution in [3.8, 4) is 0 Å². The van der Waals surface area contributed by atoms with Gasteiger partial charge in [0.25, 0.3) is 0 Å². The third-order valence-electron chi connectivity index (χ3n) is 3.11. The van der Waals surface area contributed by atoms with Gasteiger partial charge in [-0.3, -0.25) is 9.59 Å². The summed E-state index contributed by atoms with van der Waals surface area (Å²) in [6.07, 6.45) is 0. The van der Waals surface area contributed by atoms with Crippen LogP contribution >= 0.6 is 11.8 Å². The molecule has 0 aromatic rings. The minimum atomic E-state index is -1.00. The van der Waals surface area contributed by atoms with Crippen LogP contribution in [0.4, 0.5) is 0 Å². The van der Waals surface area contributed by atoms with Crippen LogP contribution in [0, 0.1) is 5.92 Å². The molecule has 5 nitrogen and oxygen atoms in total. The molecule has 0 bridgehead atoms. The molecule has 2 heterocycles. The van der Waals surface area contributed by atoms with Gasteiger partial charge < -0.3 is 10.0 Å². The maximum Gasteiger partial charge on any atom is 0.327 e. The highest BCUT2D eigenvalue weighted by molar-refractivity contribution is 8.01. The Bertz CT molecular complexity index is 392. The first-order valence-corrected chi connectivity index (χ1v) is 5.88. The fourth-order valence-electron chi connectivity index (χ4n) is 2.39. The Hall–Kier alpha value is -1.04. The Kier molecular flexibility index (Phi) is 2.31. The summed E-state index contributed by atoms with van der Waals surface area (Å²) in [5, 5.41) is 8.83. The van der Waals surface area contributed by atoms with Crippen LogP contribution in [-0.4, -0.2) is 43.8 Å². The summed E-state index contributed by atoms with van der Waals surface area (Å²) in [5.41, 5.74) is 0. The van der Waals surface area contributed by atoms with E-state index in [0.29, 0.717) is 0 Å². The van der Waals surface area contributed by atoms with Gasteiger partial charge in [-0.15, -0.1) is 11.8 Å². The Morgan fingerprint density at radius 1 is 1.44 bits per heavy atom. The number of hydrogen-bond donors (Lipinski definition) is 1. The standard InChI is InChI=1S/C10H13NO4S/c1-4(12)5-7(13)11-6(9(14)15)10(2,3)16-8(5)11/h5-6,8H,1-3H3,(H,14,15)/t5-,6+,8-/m1/s1. The number of carboxylic acids is 1. The molecule has 0 radical (unpaired) electrons. The lowest BCUT2D eigenvalue weighted by Gasteiger charge is -2.42. The highest BCUT2D eigenvalue weighted by Crippen LogP contribution is 2.53. The smallest absolute Gasteiger partial charge is 0.327 e. The van der Waals surface area contributed by atoms with Crippen molar-refractivity contribution in [2.75, 3.05) is 0 Å². The number of carboxylic acid groups (broad SMARTS) is 1. The maximum atomic E-state index is 11.7. The molecule has 2 saturated heterocycles. The molecule has 2 aliphatic rings. The van der Waals surface area contributed by atoms with Crippen LogP contribution in [0.3, 0.4) is 0 Å². The lowest BCUT2D eigenvalue weighted by atomic mass is 9.89. The van der Waals surface area contributed by atoms with E-state index in [-0.39, 0.29) is 17.1 Å². The van der Waals surface area contributed by atoms with E-state index in [1.54, 1.807) is 13.8 Å². The van der Waals surface area contributed by atoms with E-state index < -0.39 is 22.7 Å². The monoisotopic (exact) mass is 243 g/mol. The first-order chi connectivity index (χ1) is 7.27. The number of hydrogen-bond acceptors (Lipinski definition) is 4. The highest BCUT2D eigenvalue weighted by atomic mass is 32.2. The molecule has 0 aromatic heterocycles. The van der Waals surface area contributed by atoms with Crippen molar-refractivity contribution in [3.05, 3.63) is 0 Å². The number of Topliss-reactive ketones (excluding diaryl/α,β-unsaturated/α-hetero) is 1.